The van der Waals surface area contributed by atoms with Crippen LogP contribution in [0.25, 0.3) is 0 Å². The van der Waals surface area contributed by atoms with Gasteiger partial charge in [0.25, 0.3) is 5.91 Å². The molecule has 144 valence electrons. The summed E-state index contributed by atoms with van der Waals surface area (Å²) in [6.07, 6.45) is -4.59. The van der Waals surface area contributed by atoms with Crippen LogP contribution in [0.3, 0.4) is 0 Å². The standard InChI is InChI=1S/C19H19F3N2O3/c20-19(21,22)16-12-14(24-8-10-26-11-9-24)6-7-17(16)23-18(25)13-27-15-4-2-1-3-5-15/h1-7,12H,8-11,13H2,(H,23,25). The lowest BCUT2D eigenvalue weighted by Crippen LogP contribution is -2.36. The third-order valence-electron chi connectivity index (χ3n) is 4.07. The Bertz CT molecular complexity index is 776. The molecule has 0 aromatic heterocycles. The number of rotatable bonds is 5. The molecule has 1 saturated heterocycles. The lowest BCUT2D eigenvalue weighted by atomic mass is 10.1. The molecule has 3 rings (SSSR count). The molecule has 0 atom stereocenters. The Balaban J connectivity index is 1.72. The second-order valence-corrected chi connectivity index (χ2v) is 5.98. The van der Waals surface area contributed by atoms with Crippen molar-refractivity contribution in [2.24, 2.45) is 0 Å². The highest BCUT2D eigenvalue weighted by Crippen LogP contribution is 2.37. The van der Waals surface area contributed by atoms with Crippen LogP contribution in [0.1, 0.15) is 5.56 Å². The van der Waals surface area contributed by atoms with Crippen molar-refractivity contribution in [3.63, 3.8) is 0 Å². The van der Waals surface area contributed by atoms with Crippen molar-refractivity contribution in [1.29, 1.82) is 0 Å². The Kier molecular flexibility index (Phi) is 5.85. The summed E-state index contributed by atoms with van der Waals surface area (Å²) in [5.74, 6) is -0.199. The van der Waals surface area contributed by atoms with Gasteiger partial charge in [-0.25, -0.2) is 0 Å². The van der Waals surface area contributed by atoms with Gasteiger partial charge in [0.2, 0.25) is 0 Å². The molecule has 8 heteroatoms. The molecule has 0 saturated carbocycles. The zero-order valence-corrected chi connectivity index (χ0v) is 14.5. The van der Waals surface area contributed by atoms with E-state index in [1.165, 1.54) is 6.07 Å². The van der Waals surface area contributed by atoms with Crippen molar-refractivity contribution in [2.45, 2.75) is 6.18 Å². The highest BCUT2D eigenvalue weighted by Gasteiger charge is 2.34. The summed E-state index contributed by atoms with van der Waals surface area (Å²) in [4.78, 5) is 13.8. The monoisotopic (exact) mass is 380 g/mol. The Labute approximate surface area is 154 Å². The minimum absolute atomic E-state index is 0.291. The molecule has 0 unspecified atom stereocenters. The topological polar surface area (TPSA) is 50.8 Å². The van der Waals surface area contributed by atoms with Crippen molar-refractivity contribution < 1.29 is 27.4 Å². The first kappa shape index (κ1) is 19.0. The molecule has 5 nitrogen and oxygen atoms in total. The Morgan fingerprint density at radius 2 is 1.81 bits per heavy atom. The highest BCUT2D eigenvalue weighted by molar-refractivity contribution is 5.93. The second-order valence-electron chi connectivity index (χ2n) is 5.98. The number of benzene rings is 2. The largest absolute Gasteiger partial charge is 0.484 e. The van der Waals surface area contributed by atoms with E-state index in [1.54, 1.807) is 36.4 Å². The SMILES string of the molecule is O=C(COc1ccccc1)Nc1ccc(N2CCOCC2)cc1C(F)(F)F. The van der Waals surface area contributed by atoms with Gasteiger partial charge < -0.3 is 19.7 Å². The summed E-state index contributed by atoms with van der Waals surface area (Å²) in [7, 11) is 0. The zero-order chi connectivity index (χ0) is 19.3. The maximum Gasteiger partial charge on any atom is 0.418 e. The van der Waals surface area contributed by atoms with E-state index in [0.717, 1.165) is 6.07 Å². The second kappa shape index (κ2) is 8.30. The smallest absolute Gasteiger partial charge is 0.418 e. The number of hydrogen-bond acceptors (Lipinski definition) is 4. The summed E-state index contributed by atoms with van der Waals surface area (Å²) in [5, 5.41) is 2.29. The first-order chi connectivity index (χ1) is 12.9. The number of hydrogen-bond donors (Lipinski definition) is 1. The van der Waals surface area contributed by atoms with Crippen LogP contribution in [0.15, 0.2) is 48.5 Å². The first-order valence-corrected chi connectivity index (χ1v) is 8.45. The van der Waals surface area contributed by atoms with Gasteiger partial charge in [-0.2, -0.15) is 13.2 Å². The number of nitrogens with zero attached hydrogens (tertiary/aromatic N) is 1. The van der Waals surface area contributed by atoms with Crippen molar-refractivity contribution in [2.75, 3.05) is 43.1 Å². The lowest BCUT2D eigenvalue weighted by Gasteiger charge is -2.29. The third-order valence-corrected chi connectivity index (χ3v) is 4.07. The molecule has 2 aromatic carbocycles. The number of carbonyl (C=O) groups is 1. The lowest BCUT2D eigenvalue weighted by molar-refractivity contribution is -0.137. The molecule has 1 aliphatic rings. The molecule has 1 aliphatic heterocycles. The number of carbonyl (C=O) groups excluding carboxylic acids is 1. The van der Waals surface area contributed by atoms with Crippen molar-refractivity contribution >= 4 is 17.3 Å². The van der Waals surface area contributed by atoms with Gasteiger partial charge in [0.1, 0.15) is 5.75 Å². The van der Waals surface area contributed by atoms with E-state index in [-0.39, 0.29) is 12.3 Å². The van der Waals surface area contributed by atoms with Crippen molar-refractivity contribution in [3.05, 3.63) is 54.1 Å². The molecule has 1 heterocycles. The van der Waals surface area contributed by atoms with Gasteiger partial charge in [-0.05, 0) is 30.3 Å². The molecule has 1 N–H and O–H groups in total. The van der Waals surface area contributed by atoms with Crippen molar-refractivity contribution in [1.82, 2.24) is 0 Å². The Morgan fingerprint density at radius 3 is 2.48 bits per heavy atom. The van der Waals surface area contributed by atoms with E-state index in [9.17, 15) is 18.0 Å². The van der Waals surface area contributed by atoms with Crippen LogP contribution in [0.2, 0.25) is 0 Å². The summed E-state index contributed by atoms with van der Waals surface area (Å²) < 4.78 is 50.9. The molecule has 1 amide bonds. The maximum absolute atomic E-state index is 13.5. The minimum atomic E-state index is -4.59. The van der Waals surface area contributed by atoms with Gasteiger partial charge in [0, 0.05) is 18.8 Å². The van der Waals surface area contributed by atoms with Gasteiger partial charge in [0.05, 0.1) is 24.5 Å². The Morgan fingerprint density at radius 1 is 1.11 bits per heavy atom. The molecule has 0 bridgehead atoms. The van der Waals surface area contributed by atoms with E-state index in [1.807, 2.05) is 4.90 Å². The van der Waals surface area contributed by atoms with E-state index >= 15 is 0 Å². The number of amides is 1. The maximum atomic E-state index is 13.5. The van der Waals surface area contributed by atoms with E-state index < -0.39 is 17.6 Å². The number of anilines is 2. The van der Waals surface area contributed by atoms with Crippen LogP contribution < -0.4 is 15.0 Å². The van der Waals surface area contributed by atoms with Gasteiger partial charge in [-0.15, -0.1) is 0 Å². The van der Waals surface area contributed by atoms with Crippen LogP contribution in [-0.2, 0) is 15.7 Å². The number of morpholine rings is 1. The first-order valence-electron chi connectivity index (χ1n) is 8.45. The molecule has 0 radical (unpaired) electrons. The minimum Gasteiger partial charge on any atom is -0.484 e. The van der Waals surface area contributed by atoms with E-state index in [4.69, 9.17) is 9.47 Å². The van der Waals surface area contributed by atoms with Crippen molar-refractivity contribution in [3.8, 4) is 5.75 Å². The fourth-order valence-corrected chi connectivity index (χ4v) is 2.75. The number of halogens is 3. The molecule has 27 heavy (non-hydrogen) atoms. The predicted octanol–water partition coefficient (Wildman–Crippen LogP) is 3.56. The van der Waals surface area contributed by atoms with E-state index in [0.29, 0.717) is 37.7 Å². The average molecular weight is 380 g/mol. The Hall–Kier alpha value is -2.74. The van der Waals surface area contributed by atoms with Gasteiger partial charge in [-0.3, -0.25) is 4.79 Å². The fourth-order valence-electron chi connectivity index (χ4n) is 2.75. The highest BCUT2D eigenvalue weighted by atomic mass is 19.4. The number of para-hydroxylation sites is 1. The molecular formula is C19H19F3N2O3. The summed E-state index contributed by atoms with van der Waals surface area (Å²) in [5.41, 5.74) is -0.732. The fraction of sp³-hybridized carbons (Fsp3) is 0.316. The zero-order valence-electron chi connectivity index (χ0n) is 14.5. The van der Waals surface area contributed by atoms with Gasteiger partial charge >= 0.3 is 6.18 Å². The van der Waals surface area contributed by atoms with Crippen LogP contribution in [0.4, 0.5) is 24.5 Å². The van der Waals surface area contributed by atoms with Crippen LogP contribution >= 0.6 is 0 Å². The van der Waals surface area contributed by atoms with Gasteiger partial charge in [-0.1, -0.05) is 18.2 Å². The summed E-state index contributed by atoms with van der Waals surface area (Å²) in [6.45, 7) is 1.60. The molecule has 0 spiro atoms. The summed E-state index contributed by atoms with van der Waals surface area (Å²) in [6, 6.07) is 12.5. The van der Waals surface area contributed by atoms with Crippen LogP contribution in [-0.4, -0.2) is 38.8 Å². The quantitative estimate of drug-likeness (QED) is 0.862. The number of alkyl halides is 3. The molecular weight excluding hydrogens is 361 g/mol. The van der Waals surface area contributed by atoms with Crippen LogP contribution in [0, 0.1) is 0 Å². The number of ether oxygens (including phenoxy) is 2. The molecule has 1 fully saturated rings. The number of nitrogens with one attached hydrogen (secondary N) is 1. The average Bonchev–Trinajstić information content (AvgIpc) is 2.67. The van der Waals surface area contributed by atoms with Gasteiger partial charge in [0.15, 0.2) is 6.61 Å². The normalized spacial score (nSPS) is 14.7. The predicted molar refractivity (Wildman–Crippen MR) is 95.0 cm³/mol. The van der Waals surface area contributed by atoms with E-state index in [2.05, 4.69) is 5.32 Å². The molecule has 0 aliphatic carbocycles. The third kappa shape index (κ3) is 5.13. The summed E-state index contributed by atoms with van der Waals surface area (Å²) >= 11 is 0. The van der Waals surface area contributed by atoms with Crippen LogP contribution in [0.5, 0.6) is 5.75 Å². The molecule has 2 aromatic rings.